The van der Waals surface area contributed by atoms with Gasteiger partial charge in [0, 0.05) is 12.6 Å². The minimum absolute atomic E-state index is 0.234. The Balaban J connectivity index is 2.28. The lowest BCUT2D eigenvalue weighted by Gasteiger charge is -2.07. The molecule has 0 bridgehead atoms. The summed E-state index contributed by atoms with van der Waals surface area (Å²) in [6, 6.07) is 4.79. The topological polar surface area (TPSA) is 72.9 Å². The van der Waals surface area contributed by atoms with E-state index in [-0.39, 0.29) is 5.91 Å². The first kappa shape index (κ1) is 13.4. The number of aryl methyl sites for hydroxylation is 2. The highest BCUT2D eigenvalue weighted by atomic mass is 35.5. The van der Waals surface area contributed by atoms with Crippen LogP contribution in [0.1, 0.15) is 21.7 Å². The van der Waals surface area contributed by atoms with Gasteiger partial charge in [-0.05, 0) is 32.0 Å². The fraction of sp³-hybridized carbons (Fsp3) is 0.231. The Morgan fingerprint density at radius 2 is 2.11 bits per heavy atom. The number of carbonyl (C=O) groups is 1. The molecule has 1 aromatic heterocycles. The van der Waals surface area contributed by atoms with Gasteiger partial charge in [0.05, 0.1) is 27.8 Å². The third-order valence-corrected chi connectivity index (χ3v) is 3.35. The van der Waals surface area contributed by atoms with Crippen LogP contribution in [0.2, 0.25) is 5.02 Å². The molecule has 2 rings (SSSR count). The zero-order chi connectivity index (χ0) is 14.2. The smallest absolute Gasteiger partial charge is 0.255 e. The maximum absolute atomic E-state index is 12.1. The van der Waals surface area contributed by atoms with Crippen molar-refractivity contribution in [3.63, 3.8) is 0 Å². The Hall–Kier alpha value is -2.01. The van der Waals surface area contributed by atoms with Gasteiger partial charge in [0.1, 0.15) is 0 Å². The standard InChI is InChI=1S/C13H15ClN4O/c1-7-12(8(2)18(3)17-7)16-13(19)9-4-5-10(14)11(15)6-9/h4-6H,15H2,1-3H3,(H,16,19). The molecule has 0 unspecified atom stereocenters. The van der Waals surface area contributed by atoms with Gasteiger partial charge >= 0.3 is 0 Å². The third-order valence-electron chi connectivity index (χ3n) is 3.01. The lowest BCUT2D eigenvalue weighted by molar-refractivity contribution is 0.102. The highest BCUT2D eigenvalue weighted by Crippen LogP contribution is 2.22. The van der Waals surface area contributed by atoms with Crippen LogP contribution in [0.4, 0.5) is 11.4 Å². The first-order valence-corrected chi connectivity index (χ1v) is 6.14. The molecule has 1 amide bonds. The van der Waals surface area contributed by atoms with Crippen molar-refractivity contribution in [2.45, 2.75) is 13.8 Å². The number of carbonyl (C=O) groups excluding carboxylic acids is 1. The summed E-state index contributed by atoms with van der Waals surface area (Å²) in [5, 5.41) is 7.52. The second kappa shape index (κ2) is 4.93. The summed E-state index contributed by atoms with van der Waals surface area (Å²) in [5.41, 5.74) is 8.93. The Morgan fingerprint density at radius 3 is 2.63 bits per heavy atom. The number of hydrogen-bond donors (Lipinski definition) is 2. The van der Waals surface area contributed by atoms with Crippen LogP contribution in [0.5, 0.6) is 0 Å². The Labute approximate surface area is 116 Å². The van der Waals surface area contributed by atoms with Gasteiger partial charge in [-0.25, -0.2) is 0 Å². The van der Waals surface area contributed by atoms with Gasteiger partial charge in [-0.1, -0.05) is 11.6 Å². The Kier molecular flexibility index (Phi) is 3.48. The average Bonchev–Trinajstić information content (AvgIpc) is 2.59. The van der Waals surface area contributed by atoms with Crippen molar-refractivity contribution in [3.05, 3.63) is 40.2 Å². The van der Waals surface area contributed by atoms with Crippen molar-refractivity contribution in [1.29, 1.82) is 0 Å². The van der Waals surface area contributed by atoms with Gasteiger partial charge in [-0.2, -0.15) is 5.10 Å². The number of halogens is 1. The van der Waals surface area contributed by atoms with Crippen LogP contribution in [-0.2, 0) is 7.05 Å². The molecule has 0 saturated carbocycles. The SMILES string of the molecule is Cc1nn(C)c(C)c1NC(=O)c1ccc(Cl)c(N)c1. The van der Waals surface area contributed by atoms with Crippen molar-refractivity contribution in [2.24, 2.45) is 7.05 Å². The summed E-state index contributed by atoms with van der Waals surface area (Å²) < 4.78 is 1.72. The Bertz CT molecular complexity index is 648. The van der Waals surface area contributed by atoms with Crippen molar-refractivity contribution in [2.75, 3.05) is 11.1 Å². The molecule has 0 saturated heterocycles. The van der Waals surface area contributed by atoms with Gasteiger partial charge in [-0.15, -0.1) is 0 Å². The maximum Gasteiger partial charge on any atom is 0.255 e. The number of amides is 1. The molecule has 2 aromatic rings. The number of hydrogen-bond acceptors (Lipinski definition) is 3. The summed E-state index contributed by atoms with van der Waals surface area (Å²) in [5.74, 6) is -0.234. The van der Waals surface area contributed by atoms with E-state index in [0.29, 0.717) is 16.3 Å². The van der Waals surface area contributed by atoms with Crippen molar-refractivity contribution < 1.29 is 4.79 Å². The second-order valence-electron chi connectivity index (χ2n) is 4.36. The minimum Gasteiger partial charge on any atom is -0.398 e. The number of nitrogen functional groups attached to an aromatic ring is 1. The summed E-state index contributed by atoms with van der Waals surface area (Å²) in [4.78, 5) is 12.1. The molecule has 100 valence electrons. The summed E-state index contributed by atoms with van der Waals surface area (Å²) in [7, 11) is 1.83. The monoisotopic (exact) mass is 278 g/mol. The van der Waals surface area contributed by atoms with Crippen LogP contribution >= 0.6 is 11.6 Å². The number of nitrogens with zero attached hydrogens (tertiary/aromatic N) is 2. The van der Waals surface area contributed by atoms with Crippen LogP contribution in [0.15, 0.2) is 18.2 Å². The van der Waals surface area contributed by atoms with E-state index in [2.05, 4.69) is 10.4 Å². The fourth-order valence-electron chi connectivity index (χ4n) is 1.83. The molecule has 0 spiro atoms. The quantitative estimate of drug-likeness (QED) is 0.829. The van der Waals surface area contributed by atoms with E-state index in [1.165, 1.54) is 0 Å². The molecule has 1 heterocycles. The molecule has 0 atom stereocenters. The van der Waals surface area contributed by atoms with Gasteiger partial charge in [0.2, 0.25) is 0 Å². The molecule has 3 N–H and O–H groups in total. The van der Waals surface area contributed by atoms with Crippen molar-refractivity contribution in [1.82, 2.24) is 9.78 Å². The first-order chi connectivity index (χ1) is 8.90. The number of rotatable bonds is 2. The van der Waals surface area contributed by atoms with Gasteiger partial charge in [-0.3, -0.25) is 9.48 Å². The van der Waals surface area contributed by atoms with Crippen molar-refractivity contribution in [3.8, 4) is 0 Å². The predicted octanol–water partition coefficient (Wildman–Crippen LogP) is 2.52. The van der Waals surface area contributed by atoms with Gasteiger partial charge in [0.15, 0.2) is 0 Å². The van der Waals surface area contributed by atoms with E-state index in [1.807, 2.05) is 20.9 Å². The molecule has 6 heteroatoms. The number of aromatic nitrogens is 2. The molecule has 0 aliphatic heterocycles. The number of benzene rings is 1. The highest BCUT2D eigenvalue weighted by Gasteiger charge is 2.14. The normalized spacial score (nSPS) is 10.5. The molecule has 0 aliphatic carbocycles. The molecule has 0 aliphatic rings. The van der Waals surface area contributed by atoms with Gasteiger partial charge in [0.25, 0.3) is 5.91 Å². The van der Waals surface area contributed by atoms with E-state index < -0.39 is 0 Å². The zero-order valence-corrected chi connectivity index (χ0v) is 11.7. The summed E-state index contributed by atoms with van der Waals surface area (Å²) >= 11 is 5.83. The highest BCUT2D eigenvalue weighted by molar-refractivity contribution is 6.33. The van der Waals surface area contributed by atoms with E-state index in [0.717, 1.165) is 17.1 Å². The Morgan fingerprint density at radius 1 is 1.42 bits per heavy atom. The maximum atomic E-state index is 12.1. The molecule has 5 nitrogen and oxygen atoms in total. The van der Waals surface area contributed by atoms with Crippen LogP contribution in [-0.4, -0.2) is 15.7 Å². The number of anilines is 2. The number of nitrogens with two attached hydrogens (primary N) is 1. The van der Waals surface area contributed by atoms with Gasteiger partial charge < -0.3 is 11.1 Å². The first-order valence-electron chi connectivity index (χ1n) is 5.76. The molecule has 0 radical (unpaired) electrons. The largest absolute Gasteiger partial charge is 0.398 e. The molecule has 1 aromatic carbocycles. The molecular formula is C13H15ClN4O. The second-order valence-corrected chi connectivity index (χ2v) is 4.77. The van der Waals surface area contributed by atoms with Crippen LogP contribution < -0.4 is 11.1 Å². The van der Waals surface area contributed by atoms with Crippen LogP contribution in [0.25, 0.3) is 0 Å². The van der Waals surface area contributed by atoms with Crippen LogP contribution in [0, 0.1) is 13.8 Å². The predicted molar refractivity (Wildman–Crippen MR) is 76.5 cm³/mol. The third kappa shape index (κ3) is 2.56. The van der Waals surface area contributed by atoms with E-state index >= 15 is 0 Å². The van der Waals surface area contributed by atoms with E-state index in [9.17, 15) is 4.79 Å². The van der Waals surface area contributed by atoms with Crippen molar-refractivity contribution >= 4 is 28.9 Å². The zero-order valence-electron chi connectivity index (χ0n) is 11.0. The molecule has 0 fully saturated rings. The van der Waals surface area contributed by atoms with Crippen LogP contribution in [0.3, 0.4) is 0 Å². The van der Waals surface area contributed by atoms with E-state index in [1.54, 1.807) is 22.9 Å². The fourth-order valence-corrected chi connectivity index (χ4v) is 1.94. The molecule has 19 heavy (non-hydrogen) atoms. The summed E-state index contributed by atoms with van der Waals surface area (Å²) in [6.07, 6.45) is 0. The molecular weight excluding hydrogens is 264 g/mol. The lowest BCUT2D eigenvalue weighted by atomic mass is 10.2. The number of nitrogens with one attached hydrogen (secondary N) is 1. The average molecular weight is 279 g/mol. The summed E-state index contributed by atoms with van der Waals surface area (Å²) in [6.45, 7) is 3.74. The lowest BCUT2D eigenvalue weighted by Crippen LogP contribution is -2.13. The minimum atomic E-state index is -0.234. The van der Waals surface area contributed by atoms with E-state index in [4.69, 9.17) is 17.3 Å².